The van der Waals surface area contributed by atoms with E-state index in [0.717, 1.165) is 0 Å². The van der Waals surface area contributed by atoms with Gasteiger partial charge in [0.1, 0.15) is 0 Å². The number of nitrogens with two attached hydrogens (primary N) is 1. The van der Waals surface area contributed by atoms with E-state index in [0.29, 0.717) is 0 Å². The first kappa shape index (κ1) is 6.88. The lowest BCUT2D eigenvalue weighted by Gasteiger charge is -2.08. The lowest BCUT2D eigenvalue weighted by atomic mass is 10.2. The lowest BCUT2D eigenvalue weighted by molar-refractivity contribution is 0.123. The van der Waals surface area contributed by atoms with E-state index < -0.39 is 12.1 Å². The van der Waals surface area contributed by atoms with Crippen LogP contribution in [0.15, 0.2) is 0 Å². The van der Waals surface area contributed by atoms with Crippen molar-refractivity contribution in [3.63, 3.8) is 0 Å². The van der Waals surface area contributed by atoms with Gasteiger partial charge in [0.2, 0.25) is 0 Å². The van der Waals surface area contributed by atoms with Crippen LogP contribution in [0.2, 0.25) is 0 Å². The predicted molar refractivity (Wildman–Crippen MR) is 26.7 cm³/mol. The van der Waals surface area contributed by atoms with Crippen molar-refractivity contribution in [3.8, 4) is 0 Å². The number of aliphatic hydroxyl groups is 2. The van der Waals surface area contributed by atoms with Crippen LogP contribution >= 0.6 is 0 Å². The average Bonchev–Trinajstić information content (AvgIpc) is 1.65. The second kappa shape index (κ2) is 2.96. The third kappa shape index (κ3) is 2.56. The fourth-order valence-electron chi connectivity index (χ4n) is 0.153. The summed E-state index contributed by atoms with van der Waals surface area (Å²) in [7, 11) is 0. The van der Waals surface area contributed by atoms with Crippen LogP contribution in [0.5, 0.6) is 0 Å². The highest BCUT2D eigenvalue weighted by Gasteiger charge is 2.04. The Balaban J connectivity index is 3.14. The molecule has 44 valence electrons. The van der Waals surface area contributed by atoms with Crippen molar-refractivity contribution in [1.29, 1.82) is 0 Å². The van der Waals surface area contributed by atoms with Gasteiger partial charge < -0.3 is 15.9 Å². The zero-order valence-electron chi connectivity index (χ0n) is 4.33. The fourth-order valence-corrected chi connectivity index (χ4v) is 0.153. The summed E-state index contributed by atoms with van der Waals surface area (Å²) in [4.78, 5) is 0. The topological polar surface area (TPSA) is 66.5 Å². The molecule has 7 heavy (non-hydrogen) atoms. The van der Waals surface area contributed by atoms with Crippen molar-refractivity contribution < 1.29 is 10.2 Å². The van der Waals surface area contributed by atoms with Crippen LogP contribution in [-0.2, 0) is 0 Å². The Morgan fingerprint density at radius 1 is 1.71 bits per heavy atom. The first-order valence-corrected chi connectivity index (χ1v) is 2.23. The molecule has 2 atom stereocenters. The third-order valence-electron chi connectivity index (χ3n) is 0.830. The van der Waals surface area contributed by atoms with Crippen LogP contribution in [-0.4, -0.2) is 29.0 Å². The first-order chi connectivity index (χ1) is 3.18. The Morgan fingerprint density at radius 3 is 2.14 bits per heavy atom. The lowest BCUT2D eigenvalue weighted by Crippen LogP contribution is -2.35. The molecular weight excluding hydrogens is 94.0 g/mol. The van der Waals surface area contributed by atoms with Crippen LogP contribution in [0.25, 0.3) is 0 Å². The van der Waals surface area contributed by atoms with Gasteiger partial charge in [0.05, 0.1) is 18.8 Å². The molecule has 0 aliphatic heterocycles. The highest BCUT2D eigenvalue weighted by molar-refractivity contribution is 4.63. The molecule has 0 rings (SSSR count). The minimum atomic E-state index is -0.606. The number of rotatable bonds is 2. The van der Waals surface area contributed by atoms with E-state index in [1.54, 1.807) is 6.92 Å². The van der Waals surface area contributed by atoms with Crippen molar-refractivity contribution in [2.45, 2.75) is 19.1 Å². The van der Waals surface area contributed by atoms with E-state index in [-0.39, 0.29) is 6.61 Å². The highest BCUT2D eigenvalue weighted by Crippen LogP contribution is 1.83. The normalized spacial score (nSPS) is 18.9. The fraction of sp³-hybridized carbons (Fsp3) is 1.00. The summed E-state index contributed by atoms with van der Waals surface area (Å²) in [5.41, 5.74) is 5.12. The minimum absolute atomic E-state index is 0.155. The number of aliphatic hydroxyl groups excluding tert-OH is 2. The smallest absolute Gasteiger partial charge is 0.0685 e. The molecule has 0 saturated carbocycles. The molecule has 0 aromatic rings. The molecule has 0 bridgehead atoms. The van der Waals surface area contributed by atoms with Crippen LogP contribution < -0.4 is 5.73 Å². The van der Waals surface area contributed by atoms with E-state index in [1.165, 1.54) is 0 Å². The van der Waals surface area contributed by atoms with E-state index in [2.05, 4.69) is 0 Å². The number of hydrogen-bond donors (Lipinski definition) is 3. The number of hydrogen-bond acceptors (Lipinski definition) is 3. The van der Waals surface area contributed by atoms with Crippen molar-refractivity contribution in [3.05, 3.63) is 0 Å². The summed E-state index contributed by atoms with van der Waals surface area (Å²) >= 11 is 0. The van der Waals surface area contributed by atoms with Gasteiger partial charge in [0.25, 0.3) is 0 Å². The highest BCUT2D eigenvalue weighted by atomic mass is 16.3. The van der Waals surface area contributed by atoms with Gasteiger partial charge >= 0.3 is 0 Å². The Labute approximate surface area is 42.8 Å². The van der Waals surface area contributed by atoms with Crippen LogP contribution in [0.3, 0.4) is 0 Å². The van der Waals surface area contributed by atoms with Gasteiger partial charge in [0.15, 0.2) is 0 Å². The summed E-state index contributed by atoms with van der Waals surface area (Å²) in [5.74, 6) is 0. The van der Waals surface area contributed by atoms with Gasteiger partial charge in [-0.3, -0.25) is 0 Å². The Bertz CT molecular complexity index is 47.0. The first-order valence-electron chi connectivity index (χ1n) is 2.23. The summed E-state index contributed by atoms with van der Waals surface area (Å²) in [5, 5.41) is 16.8. The quantitative estimate of drug-likeness (QED) is 0.408. The molecule has 4 N–H and O–H groups in total. The van der Waals surface area contributed by atoms with Gasteiger partial charge in [-0.1, -0.05) is 0 Å². The Hall–Kier alpha value is -0.120. The molecule has 0 saturated heterocycles. The molecule has 0 heterocycles. The standard InChI is InChI=1S/C4H11NO2/c1-3(7)4(5)2-6/h3-4,6-7H,2,5H2,1H3/t3?,4-/m1/s1. The monoisotopic (exact) mass is 105 g/mol. The average molecular weight is 105 g/mol. The van der Waals surface area contributed by atoms with Gasteiger partial charge in [-0.2, -0.15) is 0 Å². The molecule has 0 amide bonds. The second-order valence-electron chi connectivity index (χ2n) is 1.59. The van der Waals surface area contributed by atoms with Crippen molar-refractivity contribution in [1.82, 2.24) is 0 Å². The molecule has 0 fully saturated rings. The summed E-state index contributed by atoms with van der Waals surface area (Å²) in [6.45, 7) is 1.39. The zero-order chi connectivity index (χ0) is 5.86. The molecule has 3 heteroatoms. The maximum Gasteiger partial charge on any atom is 0.0685 e. The van der Waals surface area contributed by atoms with E-state index in [4.69, 9.17) is 15.9 Å². The minimum Gasteiger partial charge on any atom is -0.395 e. The molecule has 0 aliphatic carbocycles. The van der Waals surface area contributed by atoms with Gasteiger partial charge in [-0.15, -0.1) is 0 Å². The Kier molecular flexibility index (Phi) is 2.91. The summed E-state index contributed by atoms with van der Waals surface area (Å²) < 4.78 is 0. The summed E-state index contributed by atoms with van der Waals surface area (Å²) in [6, 6.07) is -0.486. The Morgan fingerprint density at radius 2 is 2.14 bits per heavy atom. The molecule has 3 nitrogen and oxygen atoms in total. The molecule has 0 aromatic carbocycles. The van der Waals surface area contributed by atoms with Gasteiger partial charge in [0, 0.05) is 0 Å². The van der Waals surface area contributed by atoms with Gasteiger partial charge in [-0.25, -0.2) is 0 Å². The van der Waals surface area contributed by atoms with Crippen LogP contribution in [0, 0.1) is 0 Å². The zero-order valence-corrected chi connectivity index (χ0v) is 4.33. The molecular formula is C4H11NO2. The third-order valence-corrected chi connectivity index (χ3v) is 0.830. The summed E-state index contributed by atoms with van der Waals surface area (Å²) in [6.07, 6.45) is -0.606. The van der Waals surface area contributed by atoms with Crippen molar-refractivity contribution >= 4 is 0 Å². The van der Waals surface area contributed by atoms with E-state index >= 15 is 0 Å². The SMILES string of the molecule is CC(O)[C@H](N)CO. The van der Waals surface area contributed by atoms with Gasteiger partial charge in [-0.05, 0) is 6.92 Å². The predicted octanol–water partition coefficient (Wildman–Crippen LogP) is -1.31. The van der Waals surface area contributed by atoms with Crippen LogP contribution in [0.1, 0.15) is 6.92 Å². The second-order valence-corrected chi connectivity index (χ2v) is 1.59. The van der Waals surface area contributed by atoms with E-state index in [1.807, 2.05) is 0 Å². The van der Waals surface area contributed by atoms with E-state index in [9.17, 15) is 0 Å². The van der Waals surface area contributed by atoms with Crippen molar-refractivity contribution in [2.24, 2.45) is 5.73 Å². The molecule has 0 spiro atoms. The van der Waals surface area contributed by atoms with Crippen LogP contribution in [0.4, 0.5) is 0 Å². The maximum atomic E-state index is 8.54. The molecule has 0 aromatic heterocycles. The molecule has 0 radical (unpaired) electrons. The molecule has 1 unspecified atom stereocenters. The van der Waals surface area contributed by atoms with Crippen molar-refractivity contribution in [2.75, 3.05) is 6.61 Å². The largest absolute Gasteiger partial charge is 0.395 e. The maximum absolute atomic E-state index is 8.54. The molecule has 0 aliphatic rings.